The fourth-order valence-electron chi connectivity index (χ4n) is 2.51. The molecule has 1 aromatic carbocycles. The smallest absolute Gasteiger partial charge is 0.212 e. The van der Waals surface area contributed by atoms with Crippen LogP contribution in [-0.2, 0) is 15.5 Å². The molecule has 0 saturated carbocycles. The number of aryl methyl sites for hydroxylation is 1. The van der Waals surface area contributed by atoms with E-state index in [4.69, 9.17) is 10.7 Å². The van der Waals surface area contributed by atoms with Crippen molar-refractivity contribution in [2.24, 2.45) is 0 Å². The molecule has 0 bridgehead atoms. The third-order valence-electron chi connectivity index (χ3n) is 3.34. The Hall–Kier alpha value is -0.540. The van der Waals surface area contributed by atoms with Crippen LogP contribution in [0.3, 0.4) is 0 Å². The van der Waals surface area contributed by atoms with Crippen molar-refractivity contribution in [1.29, 1.82) is 0 Å². The first-order chi connectivity index (χ1) is 7.47. The summed E-state index contributed by atoms with van der Waals surface area (Å²) in [6.45, 7) is 2.11. The van der Waals surface area contributed by atoms with Crippen LogP contribution in [-0.4, -0.2) is 14.2 Å². The number of benzene rings is 1. The number of hydrogen-bond acceptors (Lipinski definition) is 2. The second-order valence-electron chi connectivity index (χ2n) is 4.41. The Morgan fingerprint density at radius 1 is 1.44 bits per heavy atom. The second-order valence-corrected chi connectivity index (χ2v) is 7.31. The molecule has 0 heterocycles. The second kappa shape index (κ2) is 4.38. The summed E-state index contributed by atoms with van der Waals surface area (Å²) in [5.41, 5.74) is 4.04. The van der Waals surface area contributed by atoms with Crippen molar-refractivity contribution in [3.05, 3.63) is 34.9 Å². The lowest BCUT2D eigenvalue weighted by Crippen LogP contribution is -2.03. The van der Waals surface area contributed by atoms with Crippen molar-refractivity contribution < 1.29 is 8.42 Å². The van der Waals surface area contributed by atoms with E-state index in [1.54, 1.807) is 0 Å². The monoisotopic (exact) mass is 258 g/mol. The molecular weight excluding hydrogens is 244 g/mol. The average molecular weight is 259 g/mol. The Morgan fingerprint density at radius 3 is 2.88 bits per heavy atom. The minimum absolute atomic E-state index is 0.0760. The van der Waals surface area contributed by atoms with Crippen molar-refractivity contribution in [2.45, 2.75) is 32.1 Å². The van der Waals surface area contributed by atoms with Gasteiger partial charge in [-0.2, -0.15) is 0 Å². The van der Waals surface area contributed by atoms with E-state index in [0.29, 0.717) is 12.3 Å². The molecule has 0 aliphatic heterocycles. The van der Waals surface area contributed by atoms with Crippen LogP contribution in [0.2, 0.25) is 0 Å². The van der Waals surface area contributed by atoms with Crippen molar-refractivity contribution in [3.8, 4) is 0 Å². The summed E-state index contributed by atoms with van der Waals surface area (Å²) < 4.78 is 21.9. The molecule has 2 nitrogen and oxygen atoms in total. The van der Waals surface area contributed by atoms with Crippen LogP contribution < -0.4 is 0 Å². The SMILES string of the molecule is Cc1cccc2c1CCC2CCS(=O)(=O)Cl. The largest absolute Gasteiger partial charge is 0.232 e. The first-order valence-corrected chi connectivity index (χ1v) is 7.96. The summed E-state index contributed by atoms with van der Waals surface area (Å²) in [6, 6.07) is 6.27. The van der Waals surface area contributed by atoms with Gasteiger partial charge in [-0.15, -0.1) is 0 Å². The summed E-state index contributed by atoms with van der Waals surface area (Å²) in [5, 5.41) is 0. The van der Waals surface area contributed by atoms with Crippen molar-refractivity contribution in [3.63, 3.8) is 0 Å². The van der Waals surface area contributed by atoms with Crippen LogP contribution in [0, 0.1) is 6.92 Å². The summed E-state index contributed by atoms with van der Waals surface area (Å²) >= 11 is 0. The number of fused-ring (bicyclic) bond motifs is 1. The topological polar surface area (TPSA) is 34.1 Å². The van der Waals surface area contributed by atoms with E-state index >= 15 is 0 Å². The van der Waals surface area contributed by atoms with Crippen LogP contribution in [0.1, 0.15) is 35.4 Å². The van der Waals surface area contributed by atoms with E-state index < -0.39 is 9.05 Å². The van der Waals surface area contributed by atoms with Gasteiger partial charge in [-0.3, -0.25) is 0 Å². The predicted molar refractivity (Wildman–Crippen MR) is 66.5 cm³/mol. The molecule has 16 heavy (non-hydrogen) atoms. The number of halogens is 1. The van der Waals surface area contributed by atoms with Gasteiger partial charge in [0.1, 0.15) is 0 Å². The summed E-state index contributed by atoms with van der Waals surface area (Å²) in [7, 11) is 1.89. The highest BCUT2D eigenvalue weighted by Gasteiger charge is 2.24. The molecule has 0 fully saturated rings. The molecular formula is C12H15ClO2S. The first kappa shape index (κ1) is 11.9. The van der Waals surface area contributed by atoms with Crippen molar-refractivity contribution in [1.82, 2.24) is 0 Å². The van der Waals surface area contributed by atoms with Gasteiger partial charge in [-0.25, -0.2) is 8.42 Å². The molecule has 1 aliphatic carbocycles. The molecule has 0 spiro atoms. The van der Waals surface area contributed by atoms with Gasteiger partial charge in [0.05, 0.1) is 5.75 Å². The van der Waals surface area contributed by atoms with Gasteiger partial charge in [0.15, 0.2) is 0 Å². The molecule has 0 aromatic heterocycles. The third kappa shape index (κ3) is 2.58. The maximum Gasteiger partial charge on any atom is 0.232 e. The molecule has 1 atom stereocenters. The van der Waals surface area contributed by atoms with Crippen LogP contribution in [0.5, 0.6) is 0 Å². The van der Waals surface area contributed by atoms with Gasteiger partial charge in [0.25, 0.3) is 0 Å². The van der Waals surface area contributed by atoms with E-state index in [-0.39, 0.29) is 5.75 Å². The standard InChI is InChI=1S/C12H15ClO2S/c1-9-3-2-4-12-10(5-6-11(9)12)7-8-16(13,14)15/h2-4,10H,5-8H2,1H3. The van der Waals surface area contributed by atoms with E-state index in [9.17, 15) is 8.42 Å². The molecule has 1 unspecified atom stereocenters. The van der Waals surface area contributed by atoms with Crippen LogP contribution in [0.25, 0.3) is 0 Å². The van der Waals surface area contributed by atoms with E-state index in [1.807, 2.05) is 6.07 Å². The Kier molecular flexibility index (Phi) is 3.27. The molecule has 1 aromatic rings. The third-order valence-corrected chi connectivity index (χ3v) is 4.53. The fourth-order valence-corrected chi connectivity index (χ4v) is 3.34. The Morgan fingerprint density at radius 2 is 2.19 bits per heavy atom. The number of rotatable bonds is 3. The highest BCUT2D eigenvalue weighted by Crippen LogP contribution is 2.37. The Labute approximate surface area is 101 Å². The zero-order valence-corrected chi connectivity index (χ0v) is 10.8. The van der Waals surface area contributed by atoms with Crippen LogP contribution in [0.4, 0.5) is 0 Å². The molecule has 4 heteroatoms. The number of hydrogen-bond donors (Lipinski definition) is 0. The summed E-state index contributed by atoms with van der Waals surface area (Å²) in [6.07, 6.45) is 2.75. The summed E-state index contributed by atoms with van der Waals surface area (Å²) in [4.78, 5) is 0. The van der Waals surface area contributed by atoms with Crippen molar-refractivity contribution >= 4 is 19.7 Å². The first-order valence-electron chi connectivity index (χ1n) is 5.48. The lowest BCUT2D eigenvalue weighted by molar-refractivity contribution is 0.595. The Bertz CT molecular complexity index is 494. The lowest BCUT2D eigenvalue weighted by Gasteiger charge is -2.10. The van der Waals surface area contributed by atoms with E-state index in [1.165, 1.54) is 16.7 Å². The van der Waals surface area contributed by atoms with E-state index in [2.05, 4.69) is 19.1 Å². The van der Waals surface area contributed by atoms with Gasteiger partial charge in [-0.1, -0.05) is 18.2 Å². The minimum atomic E-state index is -3.35. The van der Waals surface area contributed by atoms with E-state index in [0.717, 1.165) is 12.8 Å². The maximum atomic E-state index is 10.9. The minimum Gasteiger partial charge on any atom is -0.212 e. The molecule has 0 N–H and O–H groups in total. The van der Waals surface area contributed by atoms with Gasteiger partial charge < -0.3 is 0 Å². The highest BCUT2D eigenvalue weighted by molar-refractivity contribution is 8.13. The average Bonchev–Trinajstić information content (AvgIpc) is 2.58. The quantitative estimate of drug-likeness (QED) is 0.781. The Balaban J connectivity index is 2.15. The highest BCUT2D eigenvalue weighted by atomic mass is 35.7. The summed E-state index contributed by atoms with van der Waals surface area (Å²) in [5.74, 6) is 0.440. The molecule has 0 amide bonds. The van der Waals surface area contributed by atoms with Gasteiger partial charge in [0, 0.05) is 10.7 Å². The molecule has 0 saturated heterocycles. The van der Waals surface area contributed by atoms with Crippen LogP contribution in [0.15, 0.2) is 18.2 Å². The van der Waals surface area contributed by atoms with Crippen LogP contribution >= 0.6 is 10.7 Å². The van der Waals surface area contributed by atoms with Gasteiger partial charge in [0.2, 0.25) is 9.05 Å². The maximum absolute atomic E-state index is 10.9. The molecule has 88 valence electrons. The zero-order valence-electron chi connectivity index (χ0n) is 9.24. The molecule has 2 rings (SSSR count). The van der Waals surface area contributed by atoms with Crippen molar-refractivity contribution in [2.75, 3.05) is 5.75 Å². The van der Waals surface area contributed by atoms with Gasteiger partial charge >= 0.3 is 0 Å². The molecule has 0 radical (unpaired) electrons. The van der Waals surface area contributed by atoms with Gasteiger partial charge in [-0.05, 0) is 48.8 Å². The predicted octanol–water partition coefficient (Wildman–Crippen LogP) is 2.98. The lowest BCUT2D eigenvalue weighted by atomic mass is 9.97. The zero-order chi connectivity index (χ0) is 11.8. The fraction of sp³-hybridized carbons (Fsp3) is 0.500. The molecule has 1 aliphatic rings. The normalized spacial score (nSPS) is 19.8.